The van der Waals surface area contributed by atoms with Gasteiger partial charge in [-0.3, -0.25) is 4.99 Å². The van der Waals surface area contributed by atoms with Gasteiger partial charge in [0.05, 0.1) is 11.7 Å². The van der Waals surface area contributed by atoms with E-state index in [0.717, 1.165) is 45.3 Å². The zero-order valence-electron chi connectivity index (χ0n) is 17.8. The quantitative estimate of drug-likeness (QED) is 0.281. The maximum absolute atomic E-state index is 6.00. The molecule has 0 radical (unpaired) electrons. The lowest BCUT2D eigenvalue weighted by Gasteiger charge is -2.26. The fourth-order valence-electron chi connectivity index (χ4n) is 4.22. The van der Waals surface area contributed by atoms with Crippen LogP contribution in [0.1, 0.15) is 23.6 Å². The van der Waals surface area contributed by atoms with Crippen molar-refractivity contribution in [2.24, 2.45) is 4.99 Å². The predicted molar refractivity (Wildman–Crippen MR) is 138 cm³/mol. The summed E-state index contributed by atoms with van der Waals surface area (Å²) in [6.45, 7) is 6.92. The Morgan fingerprint density at radius 2 is 1.74 bits per heavy atom. The first kappa shape index (κ1) is 21.2. The maximum Gasteiger partial charge on any atom is 0.135 e. The number of rotatable bonds is 4. The topological polar surface area (TPSA) is 37.5 Å². The number of thiol groups is 1. The SMILES string of the molecule is C=N/C(=C1/c2ccccc2C=CC1NCC)c1ccc2oc3ccccc3c2c1.CS. The summed E-state index contributed by atoms with van der Waals surface area (Å²) >= 11 is 3.53. The van der Waals surface area contributed by atoms with Gasteiger partial charge >= 0.3 is 0 Å². The van der Waals surface area contributed by atoms with Crippen molar-refractivity contribution < 1.29 is 4.42 Å². The molecule has 1 unspecified atom stereocenters. The van der Waals surface area contributed by atoms with Crippen LogP contribution in [0.15, 0.2) is 82.2 Å². The van der Waals surface area contributed by atoms with Crippen LogP contribution in [0.25, 0.3) is 39.3 Å². The molecule has 1 heterocycles. The summed E-state index contributed by atoms with van der Waals surface area (Å²) < 4.78 is 6.00. The van der Waals surface area contributed by atoms with Gasteiger partial charge in [-0.05, 0) is 54.9 Å². The van der Waals surface area contributed by atoms with E-state index in [4.69, 9.17) is 4.42 Å². The molecule has 156 valence electrons. The molecule has 0 aliphatic heterocycles. The van der Waals surface area contributed by atoms with Gasteiger partial charge in [-0.2, -0.15) is 12.6 Å². The lowest BCUT2D eigenvalue weighted by Crippen LogP contribution is -2.30. The third kappa shape index (κ3) is 3.85. The number of benzene rings is 3. The molecule has 5 rings (SSSR count). The van der Waals surface area contributed by atoms with Crippen LogP contribution in [0, 0.1) is 0 Å². The van der Waals surface area contributed by atoms with Crippen LogP contribution in [-0.4, -0.2) is 25.6 Å². The fourth-order valence-corrected chi connectivity index (χ4v) is 4.22. The van der Waals surface area contributed by atoms with Crippen LogP contribution >= 0.6 is 12.6 Å². The van der Waals surface area contributed by atoms with E-state index in [0.29, 0.717) is 0 Å². The standard InChI is InChI=1S/C26H22N2O.CH4S/c1-3-28-22-14-12-17-8-4-5-9-19(17)25(22)26(27-2)18-13-15-24-21(16-18)20-10-6-7-11-23(20)29-24;1-2/h4-16,22,28H,2-3H2,1H3;2H,1H3/b26-25-;. The highest BCUT2D eigenvalue weighted by atomic mass is 32.1. The van der Waals surface area contributed by atoms with E-state index in [1.54, 1.807) is 6.26 Å². The van der Waals surface area contributed by atoms with Crippen molar-refractivity contribution in [2.45, 2.75) is 13.0 Å². The molecule has 0 amide bonds. The summed E-state index contributed by atoms with van der Waals surface area (Å²) in [6, 6.07) is 23.0. The third-order valence-electron chi connectivity index (χ3n) is 5.52. The van der Waals surface area contributed by atoms with Gasteiger partial charge in [0.2, 0.25) is 0 Å². The van der Waals surface area contributed by atoms with Crippen LogP contribution in [0.3, 0.4) is 0 Å². The Hall–Kier alpha value is -3.08. The monoisotopic (exact) mass is 426 g/mol. The zero-order chi connectivity index (χ0) is 21.8. The van der Waals surface area contributed by atoms with E-state index in [1.807, 2.05) is 24.3 Å². The fraction of sp³-hybridized carbons (Fsp3) is 0.148. The molecule has 0 bridgehead atoms. The number of aliphatic imine (C=N–C) groups is 1. The Kier molecular flexibility index (Phi) is 6.40. The summed E-state index contributed by atoms with van der Waals surface area (Å²) in [4.78, 5) is 4.51. The molecule has 0 fully saturated rings. The Morgan fingerprint density at radius 1 is 1.00 bits per heavy atom. The first-order valence-corrected chi connectivity index (χ1v) is 11.3. The van der Waals surface area contributed by atoms with Crippen molar-refractivity contribution in [3.8, 4) is 0 Å². The Morgan fingerprint density at radius 3 is 2.55 bits per heavy atom. The third-order valence-corrected chi connectivity index (χ3v) is 5.52. The van der Waals surface area contributed by atoms with E-state index in [1.165, 1.54) is 11.1 Å². The maximum atomic E-state index is 6.00. The van der Waals surface area contributed by atoms with Gasteiger partial charge in [-0.15, -0.1) is 0 Å². The Bertz CT molecular complexity index is 1300. The molecule has 0 saturated heterocycles. The second-order valence-electron chi connectivity index (χ2n) is 7.21. The summed E-state index contributed by atoms with van der Waals surface area (Å²) in [5.41, 5.74) is 7.29. The minimum atomic E-state index is 0.0900. The highest BCUT2D eigenvalue weighted by Gasteiger charge is 2.23. The molecule has 4 heteroatoms. The van der Waals surface area contributed by atoms with E-state index >= 15 is 0 Å². The largest absolute Gasteiger partial charge is 0.456 e. The van der Waals surface area contributed by atoms with Crippen LogP contribution in [0.5, 0.6) is 0 Å². The molecule has 1 aromatic heterocycles. The lowest BCUT2D eigenvalue weighted by molar-refractivity contribution is 0.669. The number of nitrogens with zero attached hydrogens (tertiary/aromatic N) is 1. The minimum Gasteiger partial charge on any atom is -0.456 e. The normalized spacial score (nSPS) is 16.5. The number of hydrogen-bond donors (Lipinski definition) is 2. The first-order valence-electron chi connectivity index (χ1n) is 10.4. The van der Waals surface area contributed by atoms with Crippen molar-refractivity contribution in [3.05, 3.63) is 89.5 Å². The highest BCUT2D eigenvalue weighted by molar-refractivity contribution is 7.79. The zero-order valence-corrected chi connectivity index (χ0v) is 18.7. The van der Waals surface area contributed by atoms with E-state index < -0.39 is 0 Å². The molecule has 1 aliphatic rings. The highest BCUT2D eigenvalue weighted by Crippen LogP contribution is 2.38. The van der Waals surface area contributed by atoms with Crippen LogP contribution in [0.2, 0.25) is 0 Å². The van der Waals surface area contributed by atoms with Gasteiger partial charge in [0, 0.05) is 21.9 Å². The lowest BCUT2D eigenvalue weighted by atomic mass is 9.86. The number of para-hydroxylation sites is 1. The van der Waals surface area contributed by atoms with E-state index in [2.05, 4.69) is 91.2 Å². The number of likely N-dealkylation sites (N-methyl/N-ethyl adjacent to an activating group) is 1. The number of fused-ring (bicyclic) bond motifs is 4. The average Bonchev–Trinajstić information content (AvgIpc) is 3.20. The van der Waals surface area contributed by atoms with Crippen molar-refractivity contribution in [3.63, 3.8) is 0 Å². The van der Waals surface area contributed by atoms with Crippen LogP contribution < -0.4 is 5.32 Å². The van der Waals surface area contributed by atoms with Crippen LogP contribution in [-0.2, 0) is 0 Å². The molecular formula is C27H26N2OS. The summed E-state index contributed by atoms with van der Waals surface area (Å²) in [5, 5.41) is 5.78. The smallest absolute Gasteiger partial charge is 0.135 e. The van der Waals surface area contributed by atoms with Crippen molar-refractivity contribution in [1.82, 2.24) is 5.32 Å². The molecule has 3 aromatic carbocycles. The summed E-state index contributed by atoms with van der Waals surface area (Å²) in [6.07, 6.45) is 6.08. The van der Waals surface area contributed by atoms with Crippen LogP contribution in [0.4, 0.5) is 0 Å². The first-order chi connectivity index (χ1) is 15.3. The van der Waals surface area contributed by atoms with E-state index in [-0.39, 0.29) is 6.04 Å². The summed E-state index contributed by atoms with van der Waals surface area (Å²) in [7, 11) is 0. The van der Waals surface area contributed by atoms with Gasteiger partial charge in [-0.25, -0.2) is 0 Å². The Balaban J connectivity index is 0.00000112. The second-order valence-corrected chi connectivity index (χ2v) is 7.21. The Labute approximate surface area is 188 Å². The molecule has 4 aromatic rings. The van der Waals surface area contributed by atoms with Gasteiger partial charge in [0.15, 0.2) is 0 Å². The predicted octanol–water partition coefficient (Wildman–Crippen LogP) is 6.71. The van der Waals surface area contributed by atoms with Gasteiger partial charge < -0.3 is 9.73 Å². The number of nitrogens with one attached hydrogen (secondary N) is 1. The molecule has 31 heavy (non-hydrogen) atoms. The van der Waals surface area contributed by atoms with Crippen molar-refractivity contribution >= 4 is 58.6 Å². The average molecular weight is 427 g/mol. The summed E-state index contributed by atoms with van der Waals surface area (Å²) in [5.74, 6) is 0. The van der Waals surface area contributed by atoms with Gasteiger partial charge in [-0.1, -0.05) is 61.5 Å². The molecular weight excluding hydrogens is 400 g/mol. The number of hydrogen-bond acceptors (Lipinski definition) is 4. The molecule has 1 N–H and O–H groups in total. The molecule has 3 nitrogen and oxygen atoms in total. The number of furan rings is 1. The van der Waals surface area contributed by atoms with Crippen molar-refractivity contribution in [2.75, 3.05) is 12.8 Å². The minimum absolute atomic E-state index is 0.0900. The van der Waals surface area contributed by atoms with Gasteiger partial charge in [0.1, 0.15) is 11.2 Å². The van der Waals surface area contributed by atoms with Crippen molar-refractivity contribution in [1.29, 1.82) is 0 Å². The molecule has 1 atom stereocenters. The molecule has 0 saturated carbocycles. The van der Waals surface area contributed by atoms with E-state index in [9.17, 15) is 0 Å². The molecule has 1 aliphatic carbocycles. The van der Waals surface area contributed by atoms with Gasteiger partial charge in [0.25, 0.3) is 0 Å². The second kappa shape index (κ2) is 9.38. The molecule has 0 spiro atoms.